The van der Waals surface area contributed by atoms with Crippen molar-refractivity contribution in [3.05, 3.63) is 64.9 Å². The van der Waals surface area contributed by atoms with Crippen LogP contribution in [0.1, 0.15) is 4.88 Å². The van der Waals surface area contributed by atoms with Crippen molar-refractivity contribution >= 4 is 21.4 Å². The van der Waals surface area contributed by atoms with Gasteiger partial charge in [0.1, 0.15) is 11.6 Å². The average Bonchev–Trinajstić information content (AvgIpc) is 2.90. The molecule has 0 N–H and O–H groups in total. The minimum absolute atomic E-state index is 0.0539. The minimum atomic E-state index is -4.00. The van der Waals surface area contributed by atoms with Crippen molar-refractivity contribution in [2.45, 2.75) is 11.4 Å². The summed E-state index contributed by atoms with van der Waals surface area (Å²) in [5.74, 6) is -1.86. The number of nitrogens with zero attached hydrogens (tertiary/aromatic N) is 1. The lowest BCUT2D eigenvalue weighted by Crippen LogP contribution is -2.30. The van der Waals surface area contributed by atoms with Crippen molar-refractivity contribution in [1.82, 2.24) is 4.31 Å². The fraction of sp³-hybridized carbons (Fsp3) is 0.143. The SMILES string of the molecule is C=CCN(Cc1cccs1)S(=O)(=O)c1cc(F)cc(F)c1. The van der Waals surface area contributed by atoms with Gasteiger partial charge in [-0.25, -0.2) is 17.2 Å². The van der Waals surface area contributed by atoms with Gasteiger partial charge in [0.2, 0.25) is 10.0 Å². The summed E-state index contributed by atoms with van der Waals surface area (Å²) in [5, 5.41) is 1.83. The average molecular weight is 329 g/mol. The van der Waals surface area contributed by atoms with Crippen LogP contribution < -0.4 is 0 Å². The summed E-state index contributed by atoms with van der Waals surface area (Å²) in [6.45, 7) is 3.70. The largest absolute Gasteiger partial charge is 0.243 e. The molecule has 2 rings (SSSR count). The second-order valence-electron chi connectivity index (χ2n) is 4.27. The second-order valence-corrected chi connectivity index (χ2v) is 7.24. The zero-order valence-electron chi connectivity index (χ0n) is 11.0. The Morgan fingerprint density at radius 3 is 2.43 bits per heavy atom. The van der Waals surface area contributed by atoms with Crippen LogP contribution in [-0.4, -0.2) is 19.3 Å². The van der Waals surface area contributed by atoms with E-state index in [0.29, 0.717) is 6.07 Å². The van der Waals surface area contributed by atoms with Crippen LogP contribution in [0, 0.1) is 11.6 Å². The Labute approximate surface area is 126 Å². The van der Waals surface area contributed by atoms with E-state index in [4.69, 9.17) is 0 Å². The highest BCUT2D eigenvalue weighted by molar-refractivity contribution is 7.89. The third-order valence-electron chi connectivity index (χ3n) is 2.72. The molecule has 0 spiro atoms. The summed E-state index contributed by atoms with van der Waals surface area (Å²) in [6, 6.07) is 5.85. The number of hydrogen-bond acceptors (Lipinski definition) is 3. The maximum atomic E-state index is 13.2. The van der Waals surface area contributed by atoms with E-state index in [1.807, 2.05) is 5.38 Å². The van der Waals surface area contributed by atoms with E-state index in [2.05, 4.69) is 6.58 Å². The molecule has 1 aromatic heterocycles. The number of rotatable bonds is 6. The van der Waals surface area contributed by atoms with Gasteiger partial charge in [0.25, 0.3) is 0 Å². The molecule has 0 unspecified atom stereocenters. The first kappa shape index (κ1) is 15.8. The molecule has 0 aliphatic heterocycles. The van der Waals surface area contributed by atoms with Gasteiger partial charge in [-0.3, -0.25) is 0 Å². The Balaban J connectivity index is 2.39. The molecule has 1 aromatic carbocycles. The molecule has 0 fully saturated rings. The van der Waals surface area contributed by atoms with Crippen molar-refractivity contribution < 1.29 is 17.2 Å². The zero-order chi connectivity index (χ0) is 15.5. The molecule has 7 heteroatoms. The van der Waals surface area contributed by atoms with Gasteiger partial charge in [-0.1, -0.05) is 12.1 Å². The van der Waals surface area contributed by atoms with Crippen molar-refractivity contribution in [3.63, 3.8) is 0 Å². The summed E-state index contributed by atoms with van der Waals surface area (Å²) >= 11 is 1.41. The van der Waals surface area contributed by atoms with Crippen LogP contribution in [0.2, 0.25) is 0 Å². The van der Waals surface area contributed by atoms with Crippen molar-refractivity contribution in [2.75, 3.05) is 6.54 Å². The Hall–Kier alpha value is -1.57. The molecule has 0 saturated carbocycles. The van der Waals surface area contributed by atoms with E-state index >= 15 is 0 Å². The maximum Gasteiger partial charge on any atom is 0.243 e. The quantitative estimate of drug-likeness (QED) is 0.762. The van der Waals surface area contributed by atoms with Crippen molar-refractivity contribution in [1.29, 1.82) is 0 Å². The molecule has 1 heterocycles. The fourth-order valence-electron chi connectivity index (χ4n) is 1.79. The lowest BCUT2D eigenvalue weighted by Gasteiger charge is -2.20. The van der Waals surface area contributed by atoms with E-state index in [1.54, 1.807) is 12.1 Å². The molecule has 21 heavy (non-hydrogen) atoms. The van der Waals surface area contributed by atoms with Crippen molar-refractivity contribution in [2.24, 2.45) is 0 Å². The highest BCUT2D eigenvalue weighted by Crippen LogP contribution is 2.22. The van der Waals surface area contributed by atoms with Gasteiger partial charge in [0, 0.05) is 24.0 Å². The van der Waals surface area contributed by atoms with Crippen LogP contribution in [0.15, 0.2) is 53.3 Å². The van der Waals surface area contributed by atoms with Crippen LogP contribution in [0.5, 0.6) is 0 Å². The number of thiophene rings is 1. The molecule has 2 aromatic rings. The molecule has 0 atom stereocenters. The number of halogens is 2. The lowest BCUT2D eigenvalue weighted by atomic mass is 10.3. The van der Waals surface area contributed by atoms with Crippen LogP contribution in [0.3, 0.4) is 0 Å². The summed E-state index contributed by atoms with van der Waals surface area (Å²) in [7, 11) is -4.00. The maximum absolute atomic E-state index is 13.2. The third-order valence-corrected chi connectivity index (χ3v) is 5.37. The van der Waals surface area contributed by atoms with Gasteiger partial charge in [-0.05, 0) is 23.6 Å². The predicted molar refractivity (Wildman–Crippen MR) is 78.5 cm³/mol. The van der Waals surface area contributed by atoms with Gasteiger partial charge in [-0.15, -0.1) is 17.9 Å². The summed E-state index contributed by atoms with van der Waals surface area (Å²) in [4.78, 5) is 0.427. The van der Waals surface area contributed by atoms with E-state index in [9.17, 15) is 17.2 Å². The molecule has 0 saturated heterocycles. The Morgan fingerprint density at radius 2 is 1.90 bits per heavy atom. The first-order chi connectivity index (χ1) is 9.93. The third kappa shape index (κ3) is 3.75. The van der Waals surface area contributed by atoms with Crippen LogP contribution in [0.25, 0.3) is 0 Å². The summed E-state index contributed by atoms with van der Waals surface area (Å²) in [5.41, 5.74) is 0. The van der Waals surface area contributed by atoms with Gasteiger partial charge in [-0.2, -0.15) is 4.31 Å². The topological polar surface area (TPSA) is 37.4 Å². The normalized spacial score (nSPS) is 11.8. The zero-order valence-corrected chi connectivity index (χ0v) is 12.6. The number of hydrogen-bond donors (Lipinski definition) is 0. The van der Waals surface area contributed by atoms with Gasteiger partial charge in [0.15, 0.2) is 0 Å². The smallest absolute Gasteiger partial charge is 0.207 e. The van der Waals surface area contributed by atoms with Crippen LogP contribution in [-0.2, 0) is 16.6 Å². The monoisotopic (exact) mass is 329 g/mol. The molecule has 112 valence electrons. The molecule has 0 aliphatic carbocycles. The molecular formula is C14H13F2NO2S2. The highest BCUT2D eigenvalue weighted by atomic mass is 32.2. The Kier molecular flexibility index (Phi) is 4.87. The standard InChI is InChI=1S/C14H13F2NO2S2/c1-2-5-17(10-13-4-3-6-20-13)21(18,19)14-8-11(15)7-12(16)9-14/h2-4,6-9H,1,5,10H2. The summed E-state index contributed by atoms with van der Waals surface area (Å²) < 4.78 is 52.6. The van der Waals surface area contributed by atoms with Crippen molar-refractivity contribution in [3.8, 4) is 0 Å². The van der Waals surface area contributed by atoms with Gasteiger partial charge < -0.3 is 0 Å². The van der Waals surface area contributed by atoms with E-state index in [0.717, 1.165) is 21.3 Å². The summed E-state index contributed by atoms with van der Waals surface area (Å²) in [6.07, 6.45) is 1.43. The van der Waals surface area contributed by atoms with E-state index in [-0.39, 0.29) is 13.1 Å². The molecular weight excluding hydrogens is 316 g/mol. The molecule has 0 aliphatic rings. The lowest BCUT2D eigenvalue weighted by molar-refractivity contribution is 0.440. The predicted octanol–water partition coefficient (Wildman–Crippen LogP) is 3.40. The minimum Gasteiger partial charge on any atom is -0.207 e. The first-order valence-electron chi connectivity index (χ1n) is 6.03. The first-order valence-corrected chi connectivity index (χ1v) is 8.35. The molecule has 0 radical (unpaired) electrons. The number of benzene rings is 1. The van der Waals surface area contributed by atoms with E-state index in [1.165, 1.54) is 17.4 Å². The fourth-order valence-corrected chi connectivity index (χ4v) is 4.03. The highest BCUT2D eigenvalue weighted by Gasteiger charge is 2.25. The van der Waals surface area contributed by atoms with E-state index < -0.39 is 26.6 Å². The molecule has 0 amide bonds. The Morgan fingerprint density at radius 1 is 1.24 bits per heavy atom. The Bertz CT molecular complexity index is 707. The van der Waals surface area contributed by atoms with Crippen LogP contribution >= 0.6 is 11.3 Å². The molecule has 0 bridgehead atoms. The van der Waals surface area contributed by atoms with Crippen LogP contribution in [0.4, 0.5) is 8.78 Å². The second kappa shape index (κ2) is 6.46. The van der Waals surface area contributed by atoms with Gasteiger partial charge >= 0.3 is 0 Å². The van der Waals surface area contributed by atoms with Gasteiger partial charge in [0.05, 0.1) is 4.90 Å². The molecule has 3 nitrogen and oxygen atoms in total. The number of sulfonamides is 1.